The molecule has 0 atom stereocenters. The summed E-state index contributed by atoms with van der Waals surface area (Å²) in [6.07, 6.45) is 2.50. The fraction of sp³-hybridized carbons (Fsp3) is 0.280. The second-order valence-electron chi connectivity index (χ2n) is 7.76. The standard InChI is InChI=1S/C25H26N4O5S2/c1-5-11-29-22(18-10-12-34-15(18)2)27-28-25(29)36-14-20(30)26-23-21(24(31)33-4)19(13-35-23)16-6-8-17(32-3)9-7-16/h6-10,12-13H,5,11,14H2,1-4H3,(H,26,30). The van der Waals surface area contributed by atoms with Crippen LogP contribution in [0.1, 0.15) is 29.5 Å². The Morgan fingerprint density at radius 1 is 1.14 bits per heavy atom. The Hall–Kier alpha value is -3.57. The number of nitrogens with zero attached hydrogens (tertiary/aromatic N) is 3. The number of methoxy groups -OCH3 is 2. The van der Waals surface area contributed by atoms with Gasteiger partial charge >= 0.3 is 5.97 Å². The third-order valence-corrected chi connectivity index (χ3v) is 7.29. The fourth-order valence-electron chi connectivity index (χ4n) is 3.67. The van der Waals surface area contributed by atoms with Crippen LogP contribution < -0.4 is 10.1 Å². The maximum Gasteiger partial charge on any atom is 0.341 e. The number of rotatable bonds is 10. The lowest BCUT2D eigenvalue weighted by Crippen LogP contribution is -2.16. The van der Waals surface area contributed by atoms with Crippen LogP contribution in [0.2, 0.25) is 0 Å². The van der Waals surface area contributed by atoms with E-state index in [9.17, 15) is 9.59 Å². The van der Waals surface area contributed by atoms with Crippen LogP contribution in [0.15, 0.2) is 51.5 Å². The van der Waals surface area contributed by atoms with Crippen molar-refractivity contribution in [3.05, 3.63) is 53.3 Å². The van der Waals surface area contributed by atoms with E-state index in [0.29, 0.717) is 39.4 Å². The van der Waals surface area contributed by atoms with Crippen molar-refractivity contribution in [2.24, 2.45) is 0 Å². The molecule has 36 heavy (non-hydrogen) atoms. The van der Waals surface area contributed by atoms with Crippen LogP contribution in [0, 0.1) is 6.92 Å². The van der Waals surface area contributed by atoms with Crippen molar-refractivity contribution in [3.8, 4) is 28.3 Å². The predicted molar refractivity (Wildman–Crippen MR) is 140 cm³/mol. The number of esters is 1. The summed E-state index contributed by atoms with van der Waals surface area (Å²) in [5.41, 5.74) is 2.69. The van der Waals surface area contributed by atoms with E-state index in [1.54, 1.807) is 13.4 Å². The van der Waals surface area contributed by atoms with Crippen LogP contribution in [0.5, 0.6) is 5.75 Å². The lowest BCUT2D eigenvalue weighted by atomic mass is 10.0. The molecule has 0 saturated heterocycles. The van der Waals surface area contributed by atoms with Gasteiger partial charge < -0.3 is 23.8 Å². The zero-order valence-electron chi connectivity index (χ0n) is 20.4. The molecule has 4 aromatic rings. The Morgan fingerprint density at radius 3 is 2.56 bits per heavy atom. The van der Waals surface area contributed by atoms with Crippen molar-refractivity contribution in [1.82, 2.24) is 14.8 Å². The van der Waals surface area contributed by atoms with Crippen molar-refractivity contribution >= 4 is 40.0 Å². The largest absolute Gasteiger partial charge is 0.497 e. The number of hydrogen-bond donors (Lipinski definition) is 1. The van der Waals surface area contributed by atoms with E-state index < -0.39 is 5.97 Å². The van der Waals surface area contributed by atoms with Crippen molar-refractivity contribution in [1.29, 1.82) is 0 Å². The quantitative estimate of drug-likeness (QED) is 0.213. The van der Waals surface area contributed by atoms with Crippen LogP contribution in [-0.2, 0) is 16.1 Å². The molecule has 188 valence electrons. The number of thioether (sulfide) groups is 1. The van der Waals surface area contributed by atoms with Crippen molar-refractivity contribution in [3.63, 3.8) is 0 Å². The van der Waals surface area contributed by atoms with Crippen LogP contribution in [0.4, 0.5) is 5.00 Å². The molecule has 3 aromatic heterocycles. The number of thiophene rings is 1. The van der Waals surface area contributed by atoms with E-state index >= 15 is 0 Å². The minimum atomic E-state index is -0.521. The highest BCUT2D eigenvalue weighted by Gasteiger charge is 2.23. The van der Waals surface area contributed by atoms with Crippen LogP contribution in [0.3, 0.4) is 0 Å². The van der Waals surface area contributed by atoms with Gasteiger partial charge in [0.05, 0.1) is 31.8 Å². The molecule has 0 fully saturated rings. The molecular formula is C25H26N4O5S2. The van der Waals surface area contributed by atoms with Crippen molar-refractivity contribution in [2.75, 3.05) is 25.3 Å². The summed E-state index contributed by atoms with van der Waals surface area (Å²) in [5.74, 6) is 1.49. The minimum Gasteiger partial charge on any atom is -0.497 e. The number of nitrogens with one attached hydrogen (secondary N) is 1. The van der Waals surface area contributed by atoms with Gasteiger partial charge in [-0.2, -0.15) is 0 Å². The number of benzene rings is 1. The molecule has 4 rings (SSSR count). The molecule has 0 saturated carbocycles. The van der Waals surface area contributed by atoms with Gasteiger partial charge in [0.2, 0.25) is 5.91 Å². The second kappa shape index (κ2) is 11.4. The van der Waals surface area contributed by atoms with Gasteiger partial charge in [-0.15, -0.1) is 21.5 Å². The molecule has 9 nitrogen and oxygen atoms in total. The number of carbonyl (C=O) groups is 2. The summed E-state index contributed by atoms with van der Waals surface area (Å²) in [4.78, 5) is 25.5. The highest BCUT2D eigenvalue weighted by Crippen LogP contribution is 2.37. The molecule has 11 heteroatoms. The summed E-state index contributed by atoms with van der Waals surface area (Å²) >= 11 is 2.56. The number of carbonyl (C=O) groups excluding carboxylic acids is 2. The third-order valence-electron chi connectivity index (χ3n) is 5.43. The Balaban J connectivity index is 1.51. The van der Waals surface area contributed by atoms with Crippen LogP contribution >= 0.6 is 23.1 Å². The van der Waals surface area contributed by atoms with E-state index in [-0.39, 0.29) is 11.7 Å². The topological polar surface area (TPSA) is 108 Å². The SMILES string of the molecule is CCCn1c(SCC(=O)Nc2scc(-c3ccc(OC)cc3)c2C(=O)OC)nnc1-c1ccoc1C. The number of aryl methyl sites for hydroxylation is 1. The van der Waals surface area contributed by atoms with Gasteiger partial charge in [-0.25, -0.2) is 4.79 Å². The number of amides is 1. The highest BCUT2D eigenvalue weighted by molar-refractivity contribution is 7.99. The summed E-state index contributed by atoms with van der Waals surface area (Å²) < 4.78 is 17.6. The lowest BCUT2D eigenvalue weighted by molar-refractivity contribution is -0.113. The molecule has 0 aliphatic carbocycles. The van der Waals surface area contributed by atoms with Crippen molar-refractivity contribution in [2.45, 2.75) is 32.0 Å². The number of hydrogen-bond acceptors (Lipinski definition) is 9. The minimum absolute atomic E-state index is 0.0998. The highest BCUT2D eigenvalue weighted by atomic mass is 32.2. The Kier molecular flexibility index (Phi) is 8.11. The lowest BCUT2D eigenvalue weighted by Gasteiger charge is -2.09. The first-order chi connectivity index (χ1) is 17.5. The molecule has 0 radical (unpaired) electrons. The van der Waals surface area contributed by atoms with Gasteiger partial charge in [0, 0.05) is 17.5 Å². The second-order valence-corrected chi connectivity index (χ2v) is 9.58. The smallest absolute Gasteiger partial charge is 0.341 e. The number of anilines is 1. The first-order valence-corrected chi connectivity index (χ1v) is 13.1. The number of aromatic nitrogens is 3. The Bertz CT molecular complexity index is 1360. The number of ether oxygens (including phenoxy) is 2. The molecule has 0 bridgehead atoms. The summed E-state index contributed by atoms with van der Waals surface area (Å²) in [6, 6.07) is 9.20. The fourth-order valence-corrected chi connectivity index (χ4v) is 5.41. The molecule has 0 unspecified atom stereocenters. The average Bonchev–Trinajstić information content (AvgIpc) is 3.61. The van der Waals surface area contributed by atoms with E-state index in [4.69, 9.17) is 13.9 Å². The maximum atomic E-state index is 12.9. The van der Waals surface area contributed by atoms with Gasteiger partial charge in [-0.1, -0.05) is 30.8 Å². The summed E-state index contributed by atoms with van der Waals surface area (Å²) in [6.45, 7) is 4.65. The van der Waals surface area contributed by atoms with Gasteiger partial charge in [-0.3, -0.25) is 4.79 Å². The number of furan rings is 1. The maximum absolute atomic E-state index is 12.9. The Morgan fingerprint density at radius 2 is 1.92 bits per heavy atom. The summed E-state index contributed by atoms with van der Waals surface area (Å²) in [5, 5.41) is 14.4. The summed E-state index contributed by atoms with van der Waals surface area (Å²) in [7, 11) is 2.91. The average molecular weight is 527 g/mol. The van der Waals surface area contributed by atoms with E-state index in [0.717, 1.165) is 23.3 Å². The zero-order chi connectivity index (χ0) is 25.7. The molecule has 1 amide bonds. The van der Waals surface area contributed by atoms with Gasteiger partial charge in [0.25, 0.3) is 0 Å². The van der Waals surface area contributed by atoms with Gasteiger partial charge in [0.15, 0.2) is 11.0 Å². The van der Waals surface area contributed by atoms with Crippen LogP contribution in [0.25, 0.3) is 22.5 Å². The first kappa shape index (κ1) is 25.5. The van der Waals surface area contributed by atoms with Gasteiger partial charge in [-0.05, 0) is 37.1 Å². The Labute approximate surface area is 216 Å². The van der Waals surface area contributed by atoms with E-state index in [2.05, 4.69) is 22.4 Å². The molecule has 1 aromatic carbocycles. The monoisotopic (exact) mass is 526 g/mol. The first-order valence-electron chi connectivity index (χ1n) is 11.2. The van der Waals surface area contributed by atoms with E-state index in [1.807, 2.05) is 47.2 Å². The molecule has 0 aliphatic rings. The molecule has 1 N–H and O–H groups in total. The normalized spacial score (nSPS) is 10.9. The molecule has 3 heterocycles. The zero-order valence-corrected chi connectivity index (χ0v) is 22.0. The molecule has 0 spiro atoms. The van der Waals surface area contributed by atoms with Gasteiger partial charge in [0.1, 0.15) is 22.1 Å². The third kappa shape index (κ3) is 5.31. The van der Waals surface area contributed by atoms with Crippen LogP contribution in [-0.4, -0.2) is 46.6 Å². The van der Waals surface area contributed by atoms with Crippen molar-refractivity contribution < 1.29 is 23.5 Å². The van der Waals surface area contributed by atoms with E-state index in [1.165, 1.54) is 30.2 Å². The predicted octanol–water partition coefficient (Wildman–Crippen LogP) is 5.51. The molecule has 0 aliphatic heterocycles. The molecular weight excluding hydrogens is 500 g/mol.